The van der Waals surface area contributed by atoms with Crippen molar-refractivity contribution in [2.24, 2.45) is 0 Å². The number of rotatable bonds is 6. The number of nitriles is 1. The van der Waals surface area contributed by atoms with Gasteiger partial charge in [-0.05, 0) is 29.8 Å². The molecule has 114 valence electrons. The van der Waals surface area contributed by atoms with Crippen molar-refractivity contribution >= 4 is 10.0 Å². The predicted octanol–water partition coefficient (Wildman–Crippen LogP) is 2.33. The van der Waals surface area contributed by atoms with Gasteiger partial charge in [0, 0.05) is 31.9 Å². The first kappa shape index (κ1) is 16.1. The average molecular weight is 319 g/mol. The summed E-state index contributed by atoms with van der Waals surface area (Å²) in [5, 5.41) is 8.72. The summed E-state index contributed by atoms with van der Waals surface area (Å²) >= 11 is 0. The van der Waals surface area contributed by atoms with Crippen molar-refractivity contribution in [3.63, 3.8) is 0 Å². The molecule has 0 atom stereocenters. The number of nitrogens with zero attached hydrogens (tertiary/aromatic N) is 3. The molecule has 0 aliphatic rings. The summed E-state index contributed by atoms with van der Waals surface area (Å²) in [6.07, 6.45) is 3.19. The van der Waals surface area contributed by atoms with Crippen LogP contribution in [0, 0.1) is 17.1 Å². The van der Waals surface area contributed by atoms with Gasteiger partial charge in [0.1, 0.15) is 5.82 Å². The molecule has 1 heterocycles. The van der Waals surface area contributed by atoms with Crippen molar-refractivity contribution in [3.8, 4) is 6.07 Å². The van der Waals surface area contributed by atoms with E-state index in [2.05, 4.69) is 4.98 Å². The zero-order valence-electron chi connectivity index (χ0n) is 11.7. The van der Waals surface area contributed by atoms with Crippen molar-refractivity contribution in [1.82, 2.24) is 9.29 Å². The first-order valence-electron chi connectivity index (χ1n) is 6.55. The van der Waals surface area contributed by atoms with Crippen LogP contribution in [0.4, 0.5) is 4.39 Å². The summed E-state index contributed by atoms with van der Waals surface area (Å²) in [6, 6.07) is 10.2. The van der Waals surface area contributed by atoms with Crippen molar-refractivity contribution < 1.29 is 12.8 Å². The Morgan fingerprint density at radius 3 is 2.73 bits per heavy atom. The van der Waals surface area contributed by atoms with E-state index in [9.17, 15) is 12.8 Å². The van der Waals surface area contributed by atoms with Gasteiger partial charge >= 0.3 is 0 Å². The second-order valence-corrected chi connectivity index (χ2v) is 6.50. The zero-order chi connectivity index (χ0) is 16.0. The maximum Gasteiger partial charge on any atom is 0.243 e. The third-order valence-electron chi connectivity index (χ3n) is 2.99. The average Bonchev–Trinajstić information content (AvgIpc) is 2.52. The molecule has 2 aromatic rings. The number of hydrogen-bond donors (Lipinski definition) is 0. The third-order valence-corrected chi connectivity index (χ3v) is 4.83. The molecule has 0 saturated carbocycles. The van der Waals surface area contributed by atoms with Crippen molar-refractivity contribution in [1.29, 1.82) is 5.26 Å². The van der Waals surface area contributed by atoms with Gasteiger partial charge in [-0.25, -0.2) is 12.8 Å². The summed E-state index contributed by atoms with van der Waals surface area (Å²) < 4.78 is 39.7. The van der Waals surface area contributed by atoms with Crippen LogP contribution in [0.25, 0.3) is 0 Å². The number of hydrogen-bond acceptors (Lipinski definition) is 4. The van der Waals surface area contributed by atoms with Gasteiger partial charge in [0.05, 0.1) is 11.0 Å². The second kappa shape index (κ2) is 7.11. The van der Waals surface area contributed by atoms with Gasteiger partial charge in [-0.2, -0.15) is 9.57 Å². The second-order valence-electron chi connectivity index (χ2n) is 4.57. The normalized spacial score (nSPS) is 11.3. The Morgan fingerprint density at radius 1 is 1.27 bits per heavy atom. The van der Waals surface area contributed by atoms with Crippen LogP contribution in [0.2, 0.25) is 0 Å². The zero-order valence-corrected chi connectivity index (χ0v) is 12.5. The van der Waals surface area contributed by atoms with E-state index in [1.165, 1.54) is 18.2 Å². The fourth-order valence-electron chi connectivity index (χ4n) is 1.93. The Bertz CT molecular complexity index is 773. The number of halogens is 1. The van der Waals surface area contributed by atoms with Crippen LogP contribution in [0.15, 0.2) is 53.7 Å². The van der Waals surface area contributed by atoms with E-state index in [0.717, 1.165) is 10.4 Å². The molecule has 2 rings (SSSR count). The Kier molecular flexibility index (Phi) is 5.20. The monoisotopic (exact) mass is 319 g/mol. The van der Waals surface area contributed by atoms with E-state index in [4.69, 9.17) is 5.26 Å². The molecule has 0 bridgehead atoms. The lowest BCUT2D eigenvalue weighted by atomic mass is 10.3. The largest absolute Gasteiger partial charge is 0.264 e. The minimum Gasteiger partial charge on any atom is -0.264 e. The molecule has 0 N–H and O–H groups in total. The van der Waals surface area contributed by atoms with Crippen LogP contribution in [0.5, 0.6) is 0 Å². The Morgan fingerprint density at radius 2 is 2.09 bits per heavy atom. The molecule has 5 nitrogen and oxygen atoms in total. The van der Waals surface area contributed by atoms with E-state index in [0.29, 0.717) is 5.56 Å². The van der Waals surface area contributed by atoms with Gasteiger partial charge in [0.15, 0.2) is 0 Å². The minimum atomic E-state index is -3.88. The summed E-state index contributed by atoms with van der Waals surface area (Å²) in [6.45, 7) is 0.110. The first-order valence-corrected chi connectivity index (χ1v) is 7.99. The molecule has 7 heteroatoms. The van der Waals surface area contributed by atoms with Crippen LogP contribution in [-0.4, -0.2) is 24.3 Å². The molecule has 0 aliphatic carbocycles. The molecule has 0 unspecified atom stereocenters. The van der Waals surface area contributed by atoms with Gasteiger partial charge in [-0.1, -0.05) is 12.1 Å². The topological polar surface area (TPSA) is 74.1 Å². The number of pyridine rings is 1. The molecule has 22 heavy (non-hydrogen) atoms. The van der Waals surface area contributed by atoms with Gasteiger partial charge in [0.25, 0.3) is 0 Å². The van der Waals surface area contributed by atoms with Crippen molar-refractivity contribution in [2.75, 3.05) is 6.54 Å². The van der Waals surface area contributed by atoms with E-state index in [-0.39, 0.29) is 24.4 Å². The van der Waals surface area contributed by atoms with Gasteiger partial charge in [0.2, 0.25) is 10.0 Å². The van der Waals surface area contributed by atoms with Gasteiger partial charge in [-0.3, -0.25) is 4.98 Å². The first-order chi connectivity index (χ1) is 10.5. The maximum absolute atomic E-state index is 13.3. The smallest absolute Gasteiger partial charge is 0.243 e. The molecule has 1 aromatic heterocycles. The highest BCUT2D eigenvalue weighted by Crippen LogP contribution is 2.19. The number of benzene rings is 1. The standard InChI is InChI=1S/C15H14FN3O2S/c16-14-5-1-6-15(10-14)22(20,21)19(9-3-7-17)12-13-4-2-8-18-11-13/h1-2,4-6,8,10-11H,3,9,12H2. The molecule has 0 aliphatic heterocycles. The SMILES string of the molecule is N#CCCN(Cc1cccnc1)S(=O)(=O)c1cccc(F)c1. The lowest BCUT2D eigenvalue weighted by Gasteiger charge is -2.21. The van der Waals surface area contributed by atoms with Crippen LogP contribution in [0.1, 0.15) is 12.0 Å². The quantitative estimate of drug-likeness (QED) is 0.819. The molecule has 0 radical (unpaired) electrons. The molecule has 0 fully saturated rings. The predicted molar refractivity (Wildman–Crippen MR) is 78.5 cm³/mol. The maximum atomic E-state index is 13.3. The molecular formula is C15H14FN3O2S. The van der Waals surface area contributed by atoms with E-state index >= 15 is 0 Å². The molecule has 1 aromatic carbocycles. The minimum absolute atomic E-state index is 0.0320. The lowest BCUT2D eigenvalue weighted by molar-refractivity contribution is 0.412. The lowest BCUT2D eigenvalue weighted by Crippen LogP contribution is -2.31. The fraction of sp³-hybridized carbons (Fsp3) is 0.200. The summed E-state index contributed by atoms with van der Waals surface area (Å²) in [7, 11) is -3.88. The van der Waals surface area contributed by atoms with E-state index in [1.807, 2.05) is 6.07 Å². The van der Waals surface area contributed by atoms with Crippen LogP contribution in [0.3, 0.4) is 0 Å². The summed E-state index contributed by atoms with van der Waals surface area (Å²) in [4.78, 5) is 3.81. The molecule has 0 amide bonds. The Hall–Kier alpha value is -2.30. The highest BCUT2D eigenvalue weighted by molar-refractivity contribution is 7.89. The Labute approximate surface area is 128 Å². The van der Waals surface area contributed by atoms with Gasteiger partial charge < -0.3 is 0 Å². The van der Waals surface area contributed by atoms with Crippen LogP contribution >= 0.6 is 0 Å². The van der Waals surface area contributed by atoms with Crippen molar-refractivity contribution in [3.05, 3.63) is 60.2 Å². The summed E-state index contributed by atoms with van der Waals surface area (Å²) in [5.41, 5.74) is 0.695. The third kappa shape index (κ3) is 3.87. The van der Waals surface area contributed by atoms with E-state index in [1.54, 1.807) is 24.5 Å². The number of sulfonamides is 1. The molecule has 0 spiro atoms. The van der Waals surface area contributed by atoms with Crippen molar-refractivity contribution in [2.45, 2.75) is 17.9 Å². The summed E-state index contributed by atoms with van der Waals surface area (Å²) in [5.74, 6) is -0.623. The molecular weight excluding hydrogens is 305 g/mol. The fourth-order valence-corrected chi connectivity index (χ4v) is 3.39. The highest BCUT2D eigenvalue weighted by Gasteiger charge is 2.24. The van der Waals surface area contributed by atoms with E-state index < -0.39 is 15.8 Å². The molecule has 0 saturated heterocycles. The number of aromatic nitrogens is 1. The van der Waals surface area contributed by atoms with Gasteiger partial charge in [-0.15, -0.1) is 0 Å². The van der Waals surface area contributed by atoms with Crippen LogP contribution in [-0.2, 0) is 16.6 Å². The van der Waals surface area contributed by atoms with Crippen LogP contribution < -0.4 is 0 Å². The highest BCUT2D eigenvalue weighted by atomic mass is 32.2. The Balaban J connectivity index is 2.33.